The van der Waals surface area contributed by atoms with Gasteiger partial charge in [0.1, 0.15) is 6.10 Å². The zero-order valence-electron chi connectivity index (χ0n) is 23.5. The molecule has 1 saturated heterocycles. The summed E-state index contributed by atoms with van der Waals surface area (Å²) < 4.78 is 43.5. The van der Waals surface area contributed by atoms with Crippen molar-refractivity contribution >= 4 is 0 Å². The molecule has 0 radical (unpaired) electrons. The van der Waals surface area contributed by atoms with Crippen molar-refractivity contribution in [2.45, 2.75) is 135 Å². The number of hydrogen-bond acceptors (Lipinski definition) is 3. The first kappa shape index (κ1) is 29.5. The van der Waals surface area contributed by atoms with E-state index < -0.39 is 6.08 Å². The van der Waals surface area contributed by atoms with E-state index in [2.05, 4.69) is 6.92 Å². The van der Waals surface area contributed by atoms with Crippen molar-refractivity contribution in [2.75, 3.05) is 19.8 Å². The zero-order valence-corrected chi connectivity index (χ0v) is 23.5. The molecular weight excluding hydrogens is 470 g/mol. The van der Waals surface area contributed by atoms with Crippen molar-refractivity contribution in [3.05, 3.63) is 12.2 Å². The van der Waals surface area contributed by atoms with Gasteiger partial charge in [0, 0.05) is 12.5 Å². The number of halogens is 2. The normalized spacial score (nSPS) is 37.3. The van der Waals surface area contributed by atoms with E-state index in [4.69, 9.17) is 14.2 Å². The summed E-state index contributed by atoms with van der Waals surface area (Å²) in [6.07, 6.45) is 22.4. The Morgan fingerprint density at radius 2 is 1.24 bits per heavy atom. The first-order chi connectivity index (χ1) is 18.1. The third kappa shape index (κ3) is 9.87. The van der Waals surface area contributed by atoms with Gasteiger partial charge in [0.2, 0.25) is 0 Å². The molecule has 0 N–H and O–H groups in total. The first-order valence-corrected chi connectivity index (χ1v) is 16.0. The lowest BCUT2D eigenvalue weighted by molar-refractivity contribution is -0.250. The molecule has 3 saturated carbocycles. The van der Waals surface area contributed by atoms with Crippen LogP contribution in [0.1, 0.15) is 122 Å². The van der Waals surface area contributed by atoms with Crippen molar-refractivity contribution < 1.29 is 23.0 Å². The molecule has 0 aromatic rings. The van der Waals surface area contributed by atoms with Gasteiger partial charge in [-0.25, -0.2) is 0 Å². The molecule has 0 unspecified atom stereocenters. The van der Waals surface area contributed by atoms with Crippen LogP contribution in [0.2, 0.25) is 0 Å². The van der Waals surface area contributed by atoms with Gasteiger partial charge in [0.15, 0.2) is 6.29 Å². The molecule has 1 heterocycles. The molecule has 0 atom stereocenters. The second-order valence-corrected chi connectivity index (χ2v) is 12.9. The van der Waals surface area contributed by atoms with Crippen molar-refractivity contribution in [3.8, 4) is 0 Å². The fraction of sp³-hybridized carbons (Fsp3) is 0.938. The number of hydrogen-bond donors (Lipinski definition) is 0. The molecule has 1 aliphatic heterocycles. The highest BCUT2D eigenvalue weighted by Crippen LogP contribution is 2.43. The smallest absolute Gasteiger partial charge is 0.266 e. The number of ether oxygens (including phenoxy) is 3. The Morgan fingerprint density at radius 3 is 1.81 bits per heavy atom. The van der Waals surface area contributed by atoms with Crippen LogP contribution in [-0.2, 0) is 14.2 Å². The van der Waals surface area contributed by atoms with Gasteiger partial charge in [-0.3, -0.25) is 0 Å². The number of rotatable bonds is 12. The molecule has 0 aromatic heterocycles. The SMILES string of the molecule is CCCCCC1CCC(CCCOC2COC(C3CCC(C4CCC(C=C(F)F)CC4)CC3)OC2)CC1. The van der Waals surface area contributed by atoms with E-state index in [1.54, 1.807) is 0 Å². The van der Waals surface area contributed by atoms with Gasteiger partial charge in [0.05, 0.1) is 13.2 Å². The Hall–Kier alpha value is -0.520. The van der Waals surface area contributed by atoms with Crippen LogP contribution in [0.15, 0.2) is 12.2 Å². The molecular formula is C32H54F2O3. The van der Waals surface area contributed by atoms with Crippen molar-refractivity contribution in [1.29, 1.82) is 0 Å². The average molecular weight is 525 g/mol. The minimum Gasteiger partial charge on any atom is -0.373 e. The Balaban J connectivity index is 1.02. The minimum atomic E-state index is -1.50. The maximum Gasteiger partial charge on any atom is 0.266 e. The van der Waals surface area contributed by atoms with Crippen molar-refractivity contribution in [2.24, 2.45) is 35.5 Å². The summed E-state index contributed by atoms with van der Waals surface area (Å²) in [7, 11) is 0. The van der Waals surface area contributed by atoms with Crippen molar-refractivity contribution in [3.63, 3.8) is 0 Å². The van der Waals surface area contributed by atoms with Crippen LogP contribution in [0.3, 0.4) is 0 Å². The van der Waals surface area contributed by atoms with Crippen LogP contribution in [0.25, 0.3) is 0 Å². The van der Waals surface area contributed by atoms with Crippen LogP contribution < -0.4 is 0 Å². The summed E-state index contributed by atoms with van der Waals surface area (Å²) in [6, 6.07) is 0. The van der Waals surface area contributed by atoms with Gasteiger partial charge in [0.25, 0.3) is 6.08 Å². The fourth-order valence-corrected chi connectivity index (χ4v) is 7.83. The highest BCUT2D eigenvalue weighted by Gasteiger charge is 2.36. The summed E-state index contributed by atoms with van der Waals surface area (Å²) >= 11 is 0. The second-order valence-electron chi connectivity index (χ2n) is 12.9. The van der Waals surface area contributed by atoms with Crippen LogP contribution in [-0.4, -0.2) is 32.2 Å². The average Bonchev–Trinajstić information content (AvgIpc) is 2.93. The quantitative estimate of drug-likeness (QED) is 0.238. The standard InChI is InChI=1S/C32H54F2O3/c1-2-3-4-6-24-8-10-25(11-9-24)7-5-20-35-30-22-36-32(37-23-30)29-18-16-28(17-19-29)27-14-12-26(13-15-27)21-31(33)34/h21,24-30,32H,2-20,22-23H2,1H3. The summed E-state index contributed by atoms with van der Waals surface area (Å²) in [4.78, 5) is 0. The van der Waals surface area contributed by atoms with E-state index in [-0.39, 0.29) is 18.3 Å². The molecule has 5 heteroatoms. The lowest BCUT2D eigenvalue weighted by Gasteiger charge is -2.40. The third-order valence-electron chi connectivity index (χ3n) is 10.2. The number of allylic oxidation sites excluding steroid dienone is 1. The van der Waals surface area contributed by atoms with E-state index in [9.17, 15) is 8.78 Å². The molecule has 0 aromatic carbocycles. The van der Waals surface area contributed by atoms with Gasteiger partial charge in [-0.1, -0.05) is 58.3 Å². The first-order valence-electron chi connectivity index (χ1n) is 16.0. The predicted molar refractivity (Wildman–Crippen MR) is 145 cm³/mol. The second kappa shape index (κ2) is 15.9. The third-order valence-corrected chi connectivity index (χ3v) is 10.2. The van der Waals surface area contributed by atoms with Crippen LogP contribution in [0, 0.1) is 35.5 Å². The van der Waals surface area contributed by atoms with Crippen molar-refractivity contribution in [1.82, 2.24) is 0 Å². The zero-order chi connectivity index (χ0) is 25.9. The summed E-state index contributed by atoms with van der Waals surface area (Å²) in [5, 5.41) is 0. The lowest BCUT2D eigenvalue weighted by Crippen LogP contribution is -2.42. The van der Waals surface area contributed by atoms with E-state index in [0.29, 0.717) is 19.1 Å². The molecule has 3 aliphatic carbocycles. The molecule has 0 bridgehead atoms. The molecule has 0 amide bonds. The summed E-state index contributed by atoms with van der Waals surface area (Å²) in [6.45, 7) is 4.46. The monoisotopic (exact) mass is 524 g/mol. The highest BCUT2D eigenvalue weighted by atomic mass is 19.3. The van der Waals surface area contributed by atoms with Gasteiger partial charge in [-0.15, -0.1) is 0 Å². The lowest BCUT2D eigenvalue weighted by atomic mass is 9.69. The summed E-state index contributed by atoms with van der Waals surface area (Å²) in [5.74, 6) is 3.98. The minimum absolute atomic E-state index is 0.0679. The molecule has 0 spiro atoms. The maximum atomic E-state index is 12.5. The van der Waals surface area contributed by atoms with Crippen LogP contribution in [0.4, 0.5) is 8.78 Å². The molecule has 37 heavy (non-hydrogen) atoms. The molecule has 4 fully saturated rings. The summed E-state index contributed by atoms with van der Waals surface area (Å²) in [5.41, 5.74) is 0. The molecule has 214 valence electrons. The van der Waals surface area contributed by atoms with Gasteiger partial charge in [-0.05, 0) is 99.9 Å². The predicted octanol–water partition coefficient (Wildman–Crippen LogP) is 9.30. The molecule has 4 aliphatic rings. The van der Waals surface area contributed by atoms with Gasteiger partial charge >= 0.3 is 0 Å². The Morgan fingerprint density at radius 1 is 0.703 bits per heavy atom. The Kier molecular flexibility index (Phi) is 12.7. The van der Waals surface area contributed by atoms with E-state index in [0.717, 1.165) is 62.4 Å². The highest BCUT2D eigenvalue weighted by molar-refractivity contribution is 4.92. The van der Waals surface area contributed by atoms with E-state index in [1.807, 2.05) is 0 Å². The largest absolute Gasteiger partial charge is 0.373 e. The maximum absolute atomic E-state index is 12.5. The molecule has 4 rings (SSSR count). The van der Waals surface area contributed by atoms with Crippen LogP contribution >= 0.6 is 0 Å². The van der Waals surface area contributed by atoms with Gasteiger partial charge in [-0.2, -0.15) is 8.78 Å². The number of unbranched alkanes of at least 4 members (excludes halogenated alkanes) is 2. The fourth-order valence-electron chi connectivity index (χ4n) is 7.83. The van der Waals surface area contributed by atoms with Crippen LogP contribution in [0.5, 0.6) is 0 Å². The molecule has 3 nitrogen and oxygen atoms in total. The Labute approximate surface area is 225 Å². The van der Waals surface area contributed by atoms with E-state index in [1.165, 1.54) is 89.5 Å². The van der Waals surface area contributed by atoms with E-state index >= 15 is 0 Å². The topological polar surface area (TPSA) is 27.7 Å². The van der Waals surface area contributed by atoms with Gasteiger partial charge < -0.3 is 14.2 Å². The Bertz CT molecular complexity index is 634.